The molecule has 0 bridgehead atoms. The van der Waals surface area contributed by atoms with E-state index in [-0.39, 0.29) is 41.6 Å². The van der Waals surface area contributed by atoms with Crippen molar-refractivity contribution in [1.29, 1.82) is 0 Å². The van der Waals surface area contributed by atoms with E-state index in [1.54, 1.807) is 6.08 Å². The number of carbonyl (C=O) groups excluding carboxylic acids is 2. The molecule has 3 saturated carbocycles. The molecule has 0 radical (unpaired) electrons. The van der Waals surface area contributed by atoms with Crippen LogP contribution < -0.4 is 0 Å². The standard InChI is InChI=1S/C28H40O7S2/c1-26-12-9-22-20(8-7-17-15-18(29)16-23(30)27(17,22)2)21(26)10-13-28(26,25(32)33)35-24(31)6-4-3-5-19-11-14-36-37(19)34/h15,19-23,30H,3-14,16H2,1-2H3,(H,32,33)/t19-,20?,21?,22?,23?,26?,27?,28?,37?/m1/s1. The fraction of sp³-hybridized carbons (Fsp3) is 0.821. The van der Waals surface area contributed by atoms with Gasteiger partial charge in [0.05, 0.1) is 15.9 Å². The first-order chi connectivity index (χ1) is 17.5. The van der Waals surface area contributed by atoms with Gasteiger partial charge < -0.3 is 14.9 Å². The van der Waals surface area contributed by atoms with Crippen LogP contribution in [-0.4, -0.2) is 54.9 Å². The van der Waals surface area contributed by atoms with Crippen LogP contribution in [-0.2, 0) is 29.0 Å². The van der Waals surface area contributed by atoms with Crippen LogP contribution in [0.15, 0.2) is 11.6 Å². The Morgan fingerprint density at radius 1 is 1.14 bits per heavy atom. The Labute approximate surface area is 225 Å². The normalized spacial score (nSPS) is 44.9. The number of ketones is 1. The lowest BCUT2D eigenvalue weighted by Crippen LogP contribution is -2.60. The number of aliphatic hydroxyl groups excluding tert-OH is 1. The number of fused-ring (bicyclic) bond motifs is 5. The van der Waals surface area contributed by atoms with Gasteiger partial charge >= 0.3 is 11.9 Å². The van der Waals surface area contributed by atoms with Crippen molar-refractivity contribution in [2.75, 3.05) is 5.75 Å². The Hall–Kier alpha value is -1.19. The Balaban J connectivity index is 1.29. The van der Waals surface area contributed by atoms with Gasteiger partial charge in [0.15, 0.2) is 5.78 Å². The van der Waals surface area contributed by atoms with Crippen molar-refractivity contribution in [3.05, 3.63) is 11.6 Å². The molecule has 4 aliphatic carbocycles. The number of rotatable bonds is 7. The quantitative estimate of drug-likeness (QED) is 0.268. The molecule has 2 N–H and O–H groups in total. The summed E-state index contributed by atoms with van der Waals surface area (Å²) in [6, 6.07) is 0. The molecular weight excluding hydrogens is 512 g/mol. The van der Waals surface area contributed by atoms with Gasteiger partial charge in [-0.2, -0.15) is 0 Å². The summed E-state index contributed by atoms with van der Waals surface area (Å²) in [6.07, 6.45) is 8.54. The van der Waals surface area contributed by atoms with E-state index >= 15 is 0 Å². The highest BCUT2D eigenvalue weighted by Crippen LogP contribution is 2.68. The van der Waals surface area contributed by atoms with E-state index in [9.17, 15) is 28.8 Å². The second kappa shape index (κ2) is 10.1. The molecule has 0 aromatic rings. The van der Waals surface area contributed by atoms with Gasteiger partial charge in [-0.05, 0) is 81.6 Å². The molecule has 9 heteroatoms. The Kier molecular flexibility index (Phi) is 7.46. The fourth-order valence-corrected chi connectivity index (χ4v) is 12.2. The van der Waals surface area contributed by atoms with Gasteiger partial charge in [-0.15, -0.1) is 0 Å². The van der Waals surface area contributed by atoms with Gasteiger partial charge in [0, 0.05) is 34.7 Å². The maximum Gasteiger partial charge on any atom is 0.348 e. The molecule has 37 heavy (non-hydrogen) atoms. The fourth-order valence-electron chi connectivity index (χ4n) is 8.75. The number of hydrogen-bond acceptors (Lipinski definition) is 7. The number of carboxylic acids is 1. The van der Waals surface area contributed by atoms with Gasteiger partial charge in [0.25, 0.3) is 0 Å². The minimum Gasteiger partial charge on any atom is -0.478 e. The average Bonchev–Trinajstić information content (AvgIpc) is 3.38. The summed E-state index contributed by atoms with van der Waals surface area (Å²) < 4.78 is 17.9. The number of unbranched alkanes of at least 4 members (excludes halogenated alkanes) is 1. The van der Waals surface area contributed by atoms with E-state index in [4.69, 9.17) is 4.74 Å². The molecular formula is C28H40O7S2. The SMILES string of the molecule is CC12C(=CC(=O)CC1O)CCC1C2CCC2(C)C1CCC2(OC(=O)CCCC[C@@H]1CCSS1=O)C(=O)O. The van der Waals surface area contributed by atoms with E-state index < -0.39 is 44.3 Å². The molecule has 5 rings (SSSR count). The summed E-state index contributed by atoms with van der Waals surface area (Å²) in [6.45, 7) is 4.10. The number of carbonyl (C=O) groups is 3. The van der Waals surface area contributed by atoms with E-state index in [2.05, 4.69) is 6.92 Å². The van der Waals surface area contributed by atoms with Gasteiger partial charge in [-0.25, -0.2) is 9.00 Å². The first kappa shape index (κ1) is 27.4. The summed E-state index contributed by atoms with van der Waals surface area (Å²) in [5.41, 5.74) is -1.59. The monoisotopic (exact) mass is 552 g/mol. The van der Waals surface area contributed by atoms with Gasteiger partial charge in [0.1, 0.15) is 0 Å². The molecule has 1 heterocycles. The van der Waals surface area contributed by atoms with Crippen LogP contribution in [0, 0.1) is 28.6 Å². The van der Waals surface area contributed by atoms with Gasteiger partial charge in [0.2, 0.25) is 5.60 Å². The third-order valence-corrected chi connectivity index (χ3v) is 14.6. The smallest absolute Gasteiger partial charge is 0.348 e. The second-order valence-corrected chi connectivity index (χ2v) is 15.9. The van der Waals surface area contributed by atoms with Crippen molar-refractivity contribution < 1.29 is 33.5 Å². The Morgan fingerprint density at radius 3 is 2.59 bits per heavy atom. The van der Waals surface area contributed by atoms with Crippen LogP contribution in [0.1, 0.15) is 90.9 Å². The van der Waals surface area contributed by atoms with E-state index in [0.717, 1.165) is 49.9 Å². The number of hydrogen-bond donors (Lipinski definition) is 2. The van der Waals surface area contributed by atoms with Crippen molar-refractivity contribution in [1.82, 2.24) is 0 Å². The highest BCUT2D eigenvalue weighted by molar-refractivity contribution is 8.69. The van der Waals surface area contributed by atoms with Crippen LogP contribution in [0.3, 0.4) is 0 Å². The molecule has 8 unspecified atom stereocenters. The van der Waals surface area contributed by atoms with Crippen LogP contribution in [0.5, 0.6) is 0 Å². The molecule has 5 aliphatic rings. The van der Waals surface area contributed by atoms with Crippen LogP contribution in [0.2, 0.25) is 0 Å². The third-order valence-electron chi connectivity index (χ3n) is 10.9. The predicted molar refractivity (Wildman–Crippen MR) is 142 cm³/mol. The first-order valence-corrected chi connectivity index (χ1v) is 16.7. The largest absolute Gasteiger partial charge is 0.478 e. The lowest BCUT2D eigenvalue weighted by Gasteiger charge is -2.59. The van der Waals surface area contributed by atoms with E-state index in [1.165, 1.54) is 10.8 Å². The Bertz CT molecular complexity index is 1030. The molecule has 0 amide bonds. The molecule has 1 saturated heterocycles. The minimum atomic E-state index is -1.53. The van der Waals surface area contributed by atoms with Crippen LogP contribution in [0.4, 0.5) is 0 Å². The molecule has 0 aromatic heterocycles. The zero-order valence-corrected chi connectivity index (χ0v) is 23.5. The van der Waals surface area contributed by atoms with Crippen molar-refractivity contribution >= 4 is 38.3 Å². The summed E-state index contributed by atoms with van der Waals surface area (Å²) >= 11 is 0. The number of esters is 1. The van der Waals surface area contributed by atoms with E-state index in [0.29, 0.717) is 25.7 Å². The third kappa shape index (κ3) is 4.35. The highest BCUT2D eigenvalue weighted by Gasteiger charge is 2.69. The van der Waals surface area contributed by atoms with Crippen LogP contribution in [0.25, 0.3) is 0 Å². The van der Waals surface area contributed by atoms with Crippen molar-refractivity contribution in [2.24, 2.45) is 28.6 Å². The maximum absolute atomic E-state index is 13.0. The lowest BCUT2D eigenvalue weighted by molar-refractivity contribution is -0.203. The number of carboxylic acid groups (broad SMARTS) is 1. The molecule has 206 valence electrons. The molecule has 0 spiro atoms. The second-order valence-electron chi connectivity index (χ2n) is 12.4. The number of aliphatic hydroxyl groups is 1. The topological polar surface area (TPSA) is 118 Å². The van der Waals surface area contributed by atoms with Crippen molar-refractivity contribution in [3.8, 4) is 0 Å². The maximum atomic E-state index is 13.0. The molecule has 4 fully saturated rings. The first-order valence-electron chi connectivity index (χ1n) is 13.9. The molecule has 9 atom stereocenters. The van der Waals surface area contributed by atoms with Crippen LogP contribution >= 0.6 is 10.8 Å². The summed E-state index contributed by atoms with van der Waals surface area (Å²) in [5, 5.41) is 21.7. The zero-order valence-electron chi connectivity index (χ0n) is 21.9. The van der Waals surface area contributed by atoms with Crippen molar-refractivity contribution in [3.63, 3.8) is 0 Å². The predicted octanol–water partition coefficient (Wildman–Crippen LogP) is 4.59. The number of aliphatic carboxylic acids is 1. The summed E-state index contributed by atoms with van der Waals surface area (Å²) in [5.74, 6) is -0.0676. The lowest BCUT2D eigenvalue weighted by atomic mass is 9.46. The minimum absolute atomic E-state index is 0.00728. The number of ether oxygens (including phenoxy) is 1. The van der Waals surface area contributed by atoms with Gasteiger partial charge in [-0.1, -0.05) is 36.6 Å². The average molecular weight is 553 g/mol. The van der Waals surface area contributed by atoms with E-state index in [1.807, 2.05) is 6.92 Å². The molecule has 7 nitrogen and oxygen atoms in total. The molecule has 1 aliphatic heterocycles. The zero-order chi connectivity index (χ0) is 26.6. The molecule has 0 aromatic carbocycles. The summed E-state index contributed by atoms with van der Waals surface area (Å²) in [7, 11) is 0.673. The van der Waals surface area contributed by atoms with Crippen molar-refractivity contribution in [2.45, 2.75) is 108 Å². The van der Waals surface area contributed by atoms with Gasteiger partial charge in [-0.3, -0.25) is 9.59 Å². The summed E-state index contributed by atoms with van der Waals surface area (Å²) in [4.78, 5) is 37.9. The highest BCUT2D eigenvalue weighted by atomic mass is 33.1. The Morgan fingerprint density at radius 2 is 1.89 bits per heavy atom.